The van der Waals surface area contributed by atoms with Crippen molar-refractivity contribution in [1.29, 1.82) is 0 Å². The maximum atomic E-state index is 12.1. The second-order valence-corrected chi connectivity index (χ2v) is 5.38. The van der Waals surface area contributed by atoms with Crippen molar-refractivity contribution < 1.29 is 9.59 Å². The molecule has 1 unspecified atom stereocenters. The molecule has 1 saturated heterocycles. The number of rotatable bonds is 3. The molecule has 2 N–H and O–H groups in total. The second kappa shape index (κ2) is 5.43. The summed E-state index contributed by atoms with van der Waals surface area (Å²) >= 11 is 0. The Labute approximate surface area is 113 Å². The van der Waals surface area contributed by atoms with E-state index in [4.69, 9.17) is 0 Å². The van der Waals surface area contributed by atoms with Gasteiger partial charge in [-0.1, -0.05) is 26.0 Å². The number of aryl methyl sites for hydroxylation is 1. The van der Waals surface area contributed by atoms with Crippen LogP contribution in [0, 0.1) is 6.92 Å². The first-order chi connectivity index (χ1) is 8.97. The van der Waals surface area contributed by atoms with Gasteiger partial charge in [-0.15, -0.1) is 0 Å². The number of amides is 2. The third-order valence-electron chi connectivity index (χ3n) is 3.50. The Morgan fingerprint density at radius 2 is 2.16 bits per heavy atom. The maximum absolute atomic E-state index is 12.1. The molecule has 0 saturated carbocycles. The predicted octanol–water partition coefficient (Wildman–Crippen LogP) is 2.34. The van der Waals surface area contributed by atoms with Gasteiger partial charge in [0.15, 0.2) is 0 Å². The highest BCUT2D eigenvalue weighted by Gasteiger charge is 2.27. The standard InChI is InChI=1S/C15H20N2O2/c1-9(2)11-5-4-10(3)13(8-11)17-15(19)12-6-7-14(18)16-12/h4-5,8-9,12H,6-7H2,1-3H3,(H,16,18)(H,17,19). The molecule has 1 atom stereocenters. The number of hydrogen-bond acceptors (Lipinski definition) is 2. The summed E-state index contributed by atoms with van der Waals surface area (Å²) in [4.78, 5) is 23.2. The minimum atomic E-state index is -0.394. The molecule has 2 amide bonds. The molecule has 0 aliphatic carbocycles. The van der Waals surface area contributed by atoms with E-state index in [0.717, 1.165) is 11.3 Å². The monoisotopic (exact) mass is 260 g/mol. The van der Waals surface area contributed by atoms with Crippen LogP contribution in [0.1, 0.15) is 43.7 Å². The molecule has 0 bridgehead atoms. The van der Waals surface area contributed by atoms with E-state index >= 15 is 0 Å². The lowest BCUT2D eigenvalue weighted by Gasteiger charge is -2.15. The fourth-order valence-corrected chi connectivity index (χ4v) is 2.16. The molecule has 1 fully saturated rings. The highest BCUT2D eigenvalue weighted by molar-refractivity contribution is 5.99. The molecule has 102 valence electrons. The zero-order valence-electron chi connectivity index (χ0n) is 11.6. The largest absolute Gasteiger partial charge is 0.344 e. The molecule has 1 aromatic carbocycles. The Morgan fingerprint density at radius 1 is 1.42 bits per heavy atom. The molecule has 4 heteroatoms. The molecule has 1 aliphatic heterocycles. The lowest BCUT2D eigenvalue weighted by molar-refractivity contribution is -0.122. The first-order valence-corrected chi connectivity index (χ1v) is 6.68. The van der Waals surface area contributed by atoms with Crippen LogP contribution in [0.4, 0.5) is 5.69 Å². The highest BCUT2D eigenvalue weighted by atomic mass is 16.2. The van der Waals surface area contributed by atoms with E-state index in [1.54, 1.807) is 0 Å². The molecule has 4 nitrogen and oxygen atoms in total. The zero-order chi connectivity index (χ0) is 14.0. The van der Waals surface area contributed by atoms with Crippen molar-refractivity contribution in [1.82, 2.24) is 5.32 Å². The van der Waals surface area contributed by atoms with Crippen molar-refractivity contribution in [2.75, 3.05) is 5.32 Å². The van der Waals surface area contributed by atoms with Crippen molar-refractivity contribution in [2.45, 2.75) is 45.6 Å². The Hall–Kier alpha value is -1.84. The average Bonchev–Trinajstić information content (AvgIpc) is 2.78. The molecule has 1 aliphatic rings. The summed E-state index contributed by atoms with van der Waals surface area (Å²) in [6, 6.07) is 5.70. The van der Waals surface area contributed by atoms with Crippen LogP contribution in [0.2, 0.25) is 0 Å². The predicted molar refractivity (Wildman–Crippen MR) is 75.1 cm³/mol. The molecule has 0 aromatic heterocycles. The van der Waals surface area contributed by atoms with E-state index in [1.807, 2.05) is 19.1 Å². The Morgan fingerprint density at radius 3 is 2.74 bits per heavy atom. The van der Waals surface area contributed by atoms with Crippen LogP contribution in [0.3, 0.4) is 0 Å². The topological polar surface area (TPSA) is 58.2 Å². The lowest BCUT2D eigenvalue weighted by Crippen LogP contribution is -2.37. The summed E-state index contributed by atoms with van der Waals surface area (Å²) in [6.45, 7) is 6.20. The van der Waals surface area contributed by atoms with Gasteiger partial charge in [0.05, 0.1) is 0 Å². The van der Waals surface area contributed by atoms with Gasteiger partial charge in [-0.3, -0.25) is 9.59 Å². The van der Waals surface area contributed by atoms with E-state index in [1.165, 1.54) is 5.56 Å². The van der Waals surface area contributed by atoms with Gasteiger partial charge < -0.3 is 10.6 Å². The lowest BCUT2D eigenvalue weighted by atomic mass is 10.0. The molecule has 1 aromatic rings. The van der Waals surface area contributed by atoms with E-state index in [-0.39, 0.29) is 11.8 Å². The van der Waals surface area contributed by atoms with Crippen molar-refractivity contribution >= 4 is 17.5 Å². The fourth-order valence-electron chi connectivity index (χ4n) is 2.16. The van der Waals surface area contributed by atoms with Gasteiger partial charge in [-0.05, 0) is 36.5 Å². The fraction of sp³-hybridized carbons (Fsp3) is 0.467. The van der Waals surface area contributed by atoms with E-state index in [9.17, 15) is 9.59 Å². The summed E-state index contributed by atoms with van der Waals surface area (Å²) in [7, 11) is 0. The van der Waals surface area contributed by atoms with Crippen LogP contribution in [0.15, 0.2) is 18.2 Å². The molecule has 1 heterocycles. The van der Waals surface area contributed by atoms with Gasteiger partial charge in [0.2, 0.25) is 11.8 Å². The minimum Gasteiger partial charge on any atom is -0.344 e. The van der Waals surface area contributed by atoms with Crippen molar-refractivity contribution in [3.05, 3.63) is 29.3 Å². The smallest absolute Gasteiger partial charge is 0.246 e. The van der Waals surface area contributed by atoms with Gasteiger partial charge >= 0.3 is 0 Å². The summed E-state index contributed by atoms with van der Waals surface area (Å²) < 4.78 is 0. The molecule has 19 heavy (non-hydrogen) atoms. The van der Waals surface area contributed by atoms with Crippen molar-refractivity contribution in [2.24, 2.45) is 0 Å². The van der Waals surface area contributed by atoms with E-state index in [0.29, 0.717) is 18.8 Å². The minimum absolute atomic E-state index is 0.0483. The summed E-state index contributed by atoms with van der Waals surface area (Å²) in [5.41, 5.74) is 3.05. The third kappa shape index (κ3) is 3.13. The maximum Gasteiger partial charge on any atom is 0.246 e. The summed E-state index contributed by atoms with van der Waals surface area (Å²) in [5, 5.41) is 5.59. The van der Waals surface area contributed by atoms with Gasteiger partial charge in [0, 0.05) is 12.1 Å². The van der Waals surface area contributed by atoms with Gasteiger partial charge in [-0.25, -0.2) is 0 Å². The van der Waals surface area contributed by atoms with Gasteiger partial charge in [0.25, 0.3) is 0 Å². The van der Waals surface area contributed by atoms with Crippen LogP contribution in [-0.4, -0.2) is 17.9 Å². The Kier molecular flexibility index (Phi) is 3.88. The SMILES string of the molecule is Cc1ccc(C(C)C)cc1NC(=O)C1CCC(=O)N1. The van der Waals surface area contributed by atoms with Crippen LogP contribution in [-0.2, 0) is 9.59 Å². The molecule has 2 rings (SSSR count). The van der Waals surface area contributed by atoms with E-state index in [2.05, 4.69) is 30.5 Å². The number of nitrogens with one attached hydrogen (secondary N) is 2. The molecule has 0 radical (unpaired) electrons. The first kappa shape index (κ1) is 13.6. The van der Waals surface area contributed by atoms with Crippen LogP contribution >= 0.6 is 0 Å². The number of carbonyl (C=O) groups is 2. The number of hydrogen-bond donors (Lipinski definition) is 2. The second-order valence-electron chi connectivity index (χ2n) is 5.38. The normalized spacial score (nSPS) is 18.5. The van der Waals surface area contributed by atoms with Crippen molar-refractivity contribution in [3.8, 4) is 0 Å². The third-order valence-corrected chi connectivity index (χ3v) is 3.50. The highest BCUT2D eigenvalue weighted by Crippen LogP contribution is 2.23. The molecular weight excluding hydrogens is 240 g/mol. The number of benzene rings is 1. The summed E-state index contributed by atoms with van der Waals surface area (Å²) in [6.07, 6.45) is 1.01. The van der Waals surface area contributed by atoms with Crippen LogP contribution < -0.4 is 10.6 Å². The zero-order valence-corrected chi connectivity index (χ0v) is 11.6. The van der Waals surface area contributed by atoms with Gasteiger partial charge in [-0.2, -0.15) is 0 Å². The molecule has 0 spiro atoms. The van der Waals surface area contributed by atoms with Crippen LogP contribution in [0.5, 0.6) is 0 Å². The molecular formula is C15H20N2O2. The number of carbonyl (C=O) groups excluding carboxylic acids is 2. The van der Waals surface area contributed by atoms with Gasteiger partial charge in [0.1, 0.15) is 6.04 Å². The Bertz CT molecular complexity index is 509. The van der Waals surface area contributed by atoms with Crippen LogP contribution in [0.25, 0.3) is 0 Å². The quantitative estimate of drug-likeness (QED) is 0.876. The Balaban J connectivity index is 2.12. The average molecular weight is 260 g/mol. The van der Waals surface area contributed by atoms with Crippen molar-refractivity contribution in [3.63, 3.8) is 0 Å². The number of anilines is 1. The summed E-state index contributed by atoms with van der Waals surface area (Å²) in [5.74, 6) is 0.241. The van der Waals surface area contributed by atoms with E-state index < -0.39 is 6.04 Å². The first-order valence-electron chi connectivity index (χ1n) is 6.68.